The Morgan fingerprint density at radius 2 is 1.52 bits per heavy atom. The monoisotopic (exact) mass is 326 g/mol. The van der Waals surface area contributed by atoms with E-state index >= 15 is 0 Å². The molecule has 0 saturated heterocycles. The van der Waals surface area contributed by atoms with Gasteiger partial charge in [-0.3, -0.25) is 4.79 Å². The highest BCUT2D eigenvalue weighted by Crippen LogP contribution is 2.18. The second-order valence-electron chi connectivity index (χ2n) is 5.09. The molecule has 1 amide bonds. The normalized spacial score (nSPS) is 11.3. The fourth-order valence-corrected chi connectivity index (χ4v) is 2.78. The van der Waals surface area contributed by atoms with Crippen molar-refractivity contribution in [3.05, 3.63) is 72.3 Å². The van der Waals surface area contributed by atoms with Gasteiger partial charge in [-0.15, -0.1) is 0 Å². The van der Waals surface area contributed by atoms with Gasteiger partial charge in [0.05, 0.1) is 4.90 Å². The molecule has 3 aromatic rings. The maximum atomic E-state index is 12.3. The Labute approximate surface area is 133 Å². The van der Waals surface area contributed by atoms with Crippen molar-refractivity contribution >= 4 is 32.4 Å². The Morgan fingerprint density at radius 3 is 2.17 bits per heavy atom. The van der Waals surface area contributed by atoms with Gasteiger partial charge in [0.25, 0.3) is 5.91 Å². The Balaban J connectivity index is 1.82. The number of sulfonamides is 1. The van der Waals surface area contributed by atoms with Crippen LogP contribution in [0.15, 0.2) is 71.6 Å². The zero-order valence-electron chi connectivity index (χ0n) is 12.1. The average Bonchev–Trinajstić information content (AvgIpc) is 2.54. The number of nitrogens with two attached hydrogens (primary N) is 1. The number of hydrogen-bond acceptors (Lipinski definition) is 3. The predicted molar refractivity (Wildman–Crippen MR) is 89.7 cm³/mol. The lowest BCUT2D eigenvalue weighted by molar-refractivity contribution is 0.102. The van der Waals surface area contributed by atoms with Crippen molar-refractivity contribution in [3.8, 4) is 0 Å². The molecule has 116 valence electrons. The topological polar surface area (TPSA) is 89.3 Å². The number of primary sulfonamides is 1. The molecule has 23 heavy (non-hydrogen) atoms. The number of benzene rings is 3. The molecule has 0 saturated carbocycles. The Morgan fingerprint density at radius 1 is 0.870 bits per heavy atom. The molecule has 0 spiro atoms. The van der Waals surface area contributed by atoms with Crippen LogP contribution in [0.1, 0.15) is 10.4 Å². The summed E-state index contributed by atoms with van der Waals surface area (Å²) < 4.78 is 22.4. The molecule has 0 aliphatic carbocycles. The minimum absolute atomic E-state index is 0.00111. The summed E-state index contributed by atoms with van der Waals surface area (Å²) in [6.45, 7) is 0. The number of carbonyl (C=O) groups is 1. The zero-order chi connectivity index (χ0) is 16.4. The number of carbonyl (C=O) groups excluding carboxylic acids is 1. The van der Waals surface area contributed by atoms with Gasteiger partial charge in [0, 0.05) is 11.3 Å². The lowest BCUT2D eigenvalue weighted by Crippen LogP contribution is -2.13. The highest BCUT2D eigenvalue weighted by atomic mass is 32.2. The molecule has 0 atom stereocenters. The third-order valence-electron chi connectivity index (χ3n) is 3.45. The molecule has 0 radical (unpaired) electrons. The van der Waals surface area contributed by atoms with Crippen LogP contribution in [-0.2, 0) is 10.0 Å². The van der Waals surface area contributed by atoms with E-state index in [1.807, 2.05) is 36.4 Å². The van der Waals surface area contributed by atoms with Crippen molar-refractivity contribution in [1.29, 1.82) is 0 Å². The van der Waals surface area contributed by atoms with Crippen LogP contribution in [0.25, 0.3) is 10.8 Å². The third kappa shape index (κ3) is 3.39. The second-order valence-corrected chi connectivity index (χ2v) is 6.65. The summed E-state index contributed by atoms with van der Waals surface area (Å²) in [5, 5.41) is 9.80. The molecule has 0 aromatic heterocycles. The SMILES string of the molecule is NS(=O)(=O)c1ccc(NC(=O)c2ccc3ccccc3c2)cc1. The summed E-state index contributed by atoms with van der Waals surface area (Å²) in [6, 6.07) is 18.9. The molecule has 5 nitrogen and oxygen atoms in total. The maximum absolute atomic E-state index is 12.3. The van der Waals surface area contributed by atoms with Crippen molar-refractivity contribution < 1.29 is 13.2 Å². The average molecular weight is 326 g/mol. The van der Waals surface area contributed by atoms with Crippen LogP contribution >= 0.6 is 0 Å². The van der Waals surface area contributed by atoms with Crippen molar-refractivity contribution in [1.82, 2.24) is 0 Å². The lowest BCUT2D eigenvalue weighted by atomic mass is 10.1. The van der Waals surface area contributed by atoms with E-state index in [0.717, 1.165) is 10.8 Å². The summed E-state index contributed by atoms with van der Waals surface area (Å²) in [4.78, 5) is 12.3. The molecule has 6 heteroatoms. The summed E-state index contributed by atoms with van der Waals surface area (Å²) in [6.07, 6.45) is 0. The van der Waals surface area contributed by atoms with E-state index in [1.165, 1.54) is 24.3 Å². The zero-order valence-corrected chi connectivity index (χ0v) is 12.9. The number of nitrogens with one attached hydrogen (secondary N) is 1. The molecular formula is C17H14N2O3S. The first-order chi connectivity index (χ1) is 10.9. The molecule has 0 aliphatic rings. The summed E-state index contributed by atoms with van der Waals surface area (Å²) in [5.74, 6) is -0.265. The van der Waals surface area contributed by atoms with Crippen LogP contribution in [-0.4, -0.2) is 14.3 Å². The van der Waals surface area contributed by atoms with Crippen LogP contribution in [0.3, 0.4) is 0 Å². The van der Waals surface area contributed by atoms with Crippen molar-refractivity contribution in [2.45, 2.75) is 4.90 Å². The van der Waals surface area contributed by atoms with Gasteiger partial charge in [-0.25, -0.2) is 13.6 Å². The lowest BCUT2D eigenvalue weighted by Gasteiger charge is -2.07. The minimum Gasteiger partial charge on any atom is -0.322 e. The fourth-order valence-electron chi connectivity index (χ4n) is 2.26. The second kappa shape index (κ2) is 5.83. The Bertz CT molecular complexity index is 980. The number of fused-ring (bicyclic) bond motifs is 1. The number of amides is 1. The molecule has 0 heterocycles. The van der Waals surface area contributed by atoms with Gasteiger partial charge in [-0.1, -0.05) is 30.3 Å². The highest BCUT2D eigenvalue weighted by Gasteiger charge is 2.09. The highest BCUT2D eigenvalue weighted by molar-refractivity contribution is 7.89. The van der Waals surface area contributed by atoms with Crippen molar-refractivity contribution in [2.75, 3.05) is 5.32 Å². The quantitative estimate of drug-likeness (QED) is 0.775. The minimum atomic E-state index is -3.74. The van der Waals surface area contributed by atoms with E-state index in [2.05, 4.69) is 5.32 Å². The Kier molecular flexibility index (Phi) is 3.85. The molecule has 0 aliphatic heterocycles. The summed E-state index contributed by atoms with van der Waals surface area (Å²) in [5.41, 5.74) is 1.02. The predicted octanol–water partition coefficient (Wildman–Crippen LogP) is 2.74. The van der Waals surface area contributed by atoms with Gasteiger partial charge in [0.1, 0.15) is 0 Å². The van der Waals surface area contributed by atoms with Gasteiger partial charge in [0.15, 0.2) is 0 Å². The summed E-state index contributed by atoms with van der Waals surface area (Å²) >= 11 is 0. The van der Waals surface area contributed by atoms with Gasteiger partial charge in [-0.05, 0) is 47.2 Å². The smallest absolute Gasteiger partial charge is 0.255 e. The summed E-state index contributed by atoms with van der Waals surface area (Å²) in [7, 11) is -3.74. The maximum Gasteiger partial charge on any atom is 0.255 e. The van der Waals surface area contributed by atoms with Crippen LogP contribution in [0.4, 0.5) is 5.69 Å². The first kappa shape index (κ1) is 15.2. The van der Waals surface area contributed by atoms with Gasteiger partial charge in [0.2, 0.25) is 10.0 Å². The first-order valence-electron chi connectivity index (χ1n) is 6.86. The van der Waals surface area contributed by atoms with E-state index in [4.69, 9.17) is 5.14 Å². The van der Waals surface area contributed by atoms with E-state index < -0.39 is 10.0 Å². The van der Waals surface area contributed by atoms with E-state index in [-0.39, 0.29) is 10.8 Å². The number of rotatable bonds is 3. The van der Waals surface area contributed by atoms with Crippen molar-refractivity contribution in [3.63, 3.8) is 0 Å². The third-order valence-corrected chi connectivity index (χ3v) is 4.38. The van der Waals surface area contributed by atoms with Gasteiger partial charge in [-0.2, -0.15) is 0 Å². The molecule has 3 rings (SSSR count). The van der Waals surface area contributed by atoms with Crippen LogP contribution in [0.2, 0.25) is 0 Å². The van der Waals surface area contributed by atoms with E-state index in [9.17, 15) is 13.2 Å². The van der Waals surface area contributed by atoms with Crippen LogP contribution in [0, 0.1) is 0 Å². The molecule has 0 unspecified atom stereocenters. The van der Waals surface area contributed by atoms with Gasteiger partial charge >= 0.3 is 0 Å². The van der Waals surface area contributed by atoms with E-state index in [0.29, 0.717) is 11.3 Å². The van der Waals surface area contributed by atoms with Crippen LogP contribution in [0.5, 0.6) is 0 Å². The molecular weight excluding hydrogens is 312 g/mol. The fraction of sp³-hybridized carbons (Fsp3) is 0. The number of hydrogen-bond donors (Lipinski definition) is 2. The van der Waals surface area contributed by atoms with E-state index in [1.54, 1.807) is 6.07 Å². The molecule has 3 aromatic carbocycles. The van der Waals surface area contributed by atoms with Crippen molar-refractivity contribution in [2.24, 2.45) is 5.14 Å². The molecule has 0 bridgehead atoms. The first-order valence-corrected chi connectivity index (χ1v) is 8.41. The number of anilines is 1. The molecule has 0 fully saturated rings. The largest absolute Gasteiger partial charge is 0.322 e. The van der Waals surface area contributed by atoms with Crippen LogP contribution < -0.4 is 10.5 Å². The molecule has 3 N–H and O–H groups in total. The van der Waals surface area contributed by atoms with Gasteiger partial charge < -0.3 is 5.32 Å². The standard InChI is InChI=1S/C17H14N2O3S/c18-23(21,22)16-9-7-15(8-10-16)19-17(20)14-6-5-12-3-1-2-4-13(12)11-14/h1-11H,(H,19,20)(H2,18,21,22). The Hall–Kier alpha value is -2.70.